The second-order valence-corrected chi connectivity index (χ2v) is 4.76. The largest absolute Gasteiger partial charge is 0.496 e. The lowest BCUT2D eigenvalue weighted by Crippen LogP contribution is -2.07. The molecule has 1 heterocycles. The maximum absolute atomic E-state index is 5.49. The molecule has 2 aromatic rings. The lowest BCUT2D eigenvalue weighted by atomic mass is 10.00. The van der Waals surface area contributed by atoms with Gasteiger partial charge in [0.1, 0.15) is 5.75 Å². The number of nitrogens with one attached hydrogen (secondary N) is 1. The van der Waals surface area contributed by atoms with Crippen LogP contribution in [0.25, 0.3) is 11.1 Å². The average Bonchev–Trinajstić information content (AvgIpc) is 2.65. The van der Waals surface area contributed by atoms with Crippen LogP contribution in [0.3, 0.4) is 0 Å². The summed E-state index contributed by atoms with van der Waals surface area (Å²) in [6.45, 7) is 4.92. The molecule has 2 rings (SSSR count). The number of ether oxygens (including phenoxy) is 1. The van der Waals surface area contributed by atoms with Crippen LogP contribution < -0.4 is 10.1 Å². The normalized spacial score (nSPS) is 10.8. The van der Waals surface area contributed by atoms with Crippen molar-refractivity contribution in [3.8, 4) is 16.9 Å². The molecular weight excluding hydrogens is 238 g/mol. The first-order valence-corrected chi connectivity index (χ1v) is 6.40. The maximum Gasteiger partial charge on any atom is 0.126 e. The van der Waals surface area contributed by atoms with Gasteiger partial charge in [-0.1, -0.05) is 11.6 Å². The SMILES string of the molecule is CNCc1nn(C)c(C)c1-c1cc(C)ccc1OC. The van der Waals surface area contributed by atoms with Crippen molar-refractivity contribution in [2.45, 2.75) is 20.4 Å². The van der Waals surface area contributed by atoms with Gasteiger partial charge in [0, 0.05) is 30.4 Å². The van der Waals surface area contributed by atoms with Crippen LogP contribution in [0.2, 0.25) is 0 Å². The van der Waals surface area contributed by atoms with E-state index in [9.17, 15) is 0 Å². The highest BCUT2D eigenvalue weighted by molar-refractivity contribution is 5.75. The lowest BCUT2D eigenvalue weighted by molar-refractivity contribution is 0.416. The average molecular weight is 259 g/mol. The van der Waals surface area contributed by atoms with Crippen molar-refractivity contribution in [1.29, 1.82) is 0 Å². The monoisotopic (exact) mass is 259 g/mol. The summed E-state index contributed by atoms with van der Waals surface area (Å²) in [5, 5.41) is 7.75. The summed E-state index contributed by atoms with van der Waals surface area (Å²) in [6.07, 6.45) is 0. The minimum atomic E-state index is 0.744. The van der Waals surface area contributed by atoms with Crippen LogP contribution in [-0.2, 0) is 13.6 Å². The topological polar surface area (TPSA) is 39.1 Å². The third kappa shape index (κ3) is 2.49. The van der Waals surface area contributed by atoms with Crippen LogP contribution in [0.5, 0.6) is 5.75 Å². The van der Waals surface area contributed by atoms with Gasteiger partial charge < -0.3 is 10.1 Å². The molecule has 0 unspecified atom stereocenters. The zero-order valence-electron chi connectivity index (χ0n) is 12.2. The van der Waals surface area contributed by atoms with Crippen molar-refractivity contribution in [1.82, 2.24) is 15.1 Å². The van der Waals surface area contributed by atoms with Gasteiger partial charge in [-0.2, -0.15) is 5.10 Å². The number of hydrogen-bond acceptors (Lipinski definition) is 3. The minimum Gasteiger partial charge on any atom is -0.496 e. The van der Waals surface area contributed by atoms with Crippen molar-refractivity contribution in [2.75, 3.05) is 14.2 Å². The van der Waals surface area contributed by atoms with Crippen LogP contribution >= 0.6 is 0 Å². The van der Waals surface area contributed by atoms with E-state index in [0.29, 0.717) is 0 Å². The third-order valence-electron chi connectivity index (χ3n) is 3.38. The molecule has 0 bridgehead atoms. The van der Waals surface area contributed by atoms with Gasteiger partial charge in [0.2, 0.25) is 0 Å². The second kappa shape index (κ2) is 5.45. The molecule has 1 N–H and O–H groups in total. The quantitative estimate of drug-likeness (QED) is 0.916. The number of nitrogens with zero attached hydrogens (tertiary/aromatic N) is 2. The van der Waals surface area contributed by atoms with E-state index in [4.69, 9.17) is 4.74 Å². The second-order valence-electron chi connectivity index (χ2n) is 4.76. The highest BCUT2D eigenvalue weighted by Gasteiger charge is 2.17. The smallest absolute Gasteiger partial charge is 0.126 e. The van der Waals surface area contributed by atoms with Crippen LogP contribution in [0.15, 0.2) is 18.2 Å². The van der Waals surface area contributed by atoms with Gasteiger partial charge in [0.15, 0.2) is 0 Å². The van der Waals surface area contributed by atoms with E-state index < -0.39 is 0 Å². The zero-order chi connectivity index (χ0) is 14.0. The van der Waals surface area contributed by atoms with Crippen molar-refractivity contribution in [3.05, 3.63) is 35.2 Å². The van der Waals surface area contributed by atoms with Gasteiger partial charge >= 0.3 is 0 Å². The first-order valence-electron chi connectivity index (χ1n) is 6.40. The molecule has 1 aromatic carbocycles. The highest BCUT2D eigenvalue weighted by atomic mass is 16.5. The number of hydrogen-bond donors (Lipinski definition) is 1. The van der Waals surface area contributed by atoms with Crippen LogP contribution in [0.1, 0.15) is 17.0 Å². The molecule has 1 aromatic heterocycles. The van der Waals surface area contributed by atoms with Crippen LogP contribution in [-0.4, -0.2) is 23.9 Å². The summed E-state index contributed by atoms with van der Waals surface area (Å²) in [5.74, 6) is 0.888. The van der Waals surface area contributed by atoms with Gasteiger partial charge in [0.05, 0.1) is 12.8 Å². The standard InChI is InChI=1S/C15H21N3O/c1-10-6-7-14(19-5)12(8-10)15-11(2)18(4)17-13(15)9-16-3/h6-8,16H,9H2,1-5H3. The van der Waals surface area contributed by atoms with Crippen molar-refractivity contribution in [3.63, 3.8) is 0 Å². The first kappa shape index (κ1) is 13.6. The molecule has 4 heteroatoms. The molecule has 102 valence electrons. The molecule has 0 fully saturated rings. The van der Waals surface area contributed by atoms with E-state index in [1.807, 2.05) is 24.8 Å². The highest BCUT2D eigenvalue weighted by Crippen LogP contribution is 2.35. The molecule has 0 radical (unpaired) electrons. The van der Waals surface area contributed by atoms with Gasteiger partial charge in [-0.15, -0.1) is 0 Å². The third-order valence-corrected chi connectivity index (χ3v) is 3.38. The fourth-order valence-corrected chi connectivity index (χ4v) is 2.34. The predicted octanol–water partition coefficient (Wildman–Crippen LogP) is 2.43. The fraction of sp³-hybridized carbons (Fsp3) is 0.400. The van der Waals surface area contributed by atoms with E-state index in [1.54, 1.807) is 7.11 Å². The van der Waals surface area contributed by atoms with E-state index >= 15 is 0 Å². The number of rotatable bonds is 4. The Morgan fingerprint density at radius 1 is 1.32 bits per heavy atom. The maximum atomic E-state index is 5.49. The molecule has 0 saturated heterocycles. The Balaban J connectivity index is 2.66. The van der Waals surface area contributed by atoms with E-state index in [-0.39, 0.29) is 0 Å². The molecule has 19 heavy (non-hydrogen) atoms. The van der Waals surface area contributed by atoms with E-state index in [0.717, 1.165) is 34.8 Å². The number of aryl methyl sites for hydroxylation is 2. The molecule has 0 spiro atoms. The Morgan fingerprint density at radius 2 is 2.05 bits per heavy atom. The first-order chi connectivity index (χ1) is 9.08. The van der Waals surface area contributed by atoms with Crippen LogP contribution in [0, 0.1) is 13.8 Å². The Bertz CT molecular complexity index is 587. The molecule has 0 aliphatic heterocycles. The summed E-state index contributed by atoms with van der Waals surface area (Å²) in [5.41, 5.74) is 5.69. The van der Waals surface area contributed by atoms with Gasteiger partial charge in [-0.05, 0) is 33.0 Å². The molecular formula is C15H21N3O. The summed E-state index contributed by atoms with van der Waals surface area (Å²) >= 11 is 0. The van der Waals surface area contributed by atoms with E-state index in [2.05, 4.69) is 36.4 Å². The molecule has 0 aliphatic rings. The summed E-state index contributed by atoms with van der Waals surface area (Å²) in [6, 6.07) is 6.23. The number of benzene rings is 1. The number of aromatic nitrogens is 2. The van der Waals surface area contributed by atoms with Gasteiger partial charge in [0.25, 0.3) is 0 Å². The summed E-state index contributed by atoms with van der Waals surface area (Å²) < 4.78 is 7.42. The lowest BCUT2D eigenvalue weighted by Gasteiger charge is -2.11. The van der Waals surface area contributed by atoms with Crippen molar-refractivity contribution < 1.29 is 4.74 Å². The Kier molecular flexibility index (Phi) is 3.90. The summed E-state index contributed by atoms with van der Waals surface area (Å²) in [7, 11) is 5.61. The van der Waals surface area contributed by atoms with E-state index in [1.165, 1.54) is 5.56 Å². The Morgan fingerprint density at radius 3 is 2.68 bits per heavy atom. The molecule has 4 nitrogen and oxygen atoms in total. The van der Waals surface area contributed by atoms with Crippen molar-refractivity contribution >= 4 is 0 Å². The zero-order valence-corrected chi connectivity index (χ0v) is 12.2. The minimum absolute atomic E-state index is 0.744. The van der Waals surface area contributed by atoms with Gasteiger partial charge in [-0.25, -0.2) is 0 Å². The summed E-state index contributed by atoms with van der Waals surface area (Å²) in [4.78, 5) is 0. The Labute approximate surface area is 114 Å². The molecule has 0 amide bonds. The fourth-order valence-electron chi connectivity index (χ4n) is 2.34. The predicted molar refractivity (Wildman–Crippen MR) is 77.4 cm³/mol. The van der Waals surface area contributed by atoms with Crippen molar-refractivity contribution in [2.24, 2.45) is 7.05 Å². The number of methoxy groups -OCH3 is 1. The molecule has 0 aliphatic carbocycles. The van der Waals surface area contributed by atoms with Crippen LogP contribution in [0.4, 0.5) is 0 Å². The van der Waals surface area contributed by atoms with Gasteiger partial charge in [-0.3, -0.25) is 4.68 Å². The molecule has 0 atom stereocenters. The Hall–Kier alpha value is -1.81. The molecule has 0 saturated carbocycles.